The van der Waals surface area contributed by atoms with Gasteiger partial charge in [0.15, 0.2) is 0 Å². The van der Waals surface area contributed by atoms with Crippen molar-refractivity contribution in [3.05, 3.63) is 51.7 Å². The first-order valence-corrected chi connectivity index (χ1v) is 9.68. The largest absolute Gasteiger partial charge is 0.370 e. The molecule has 1 saturated heterocycles. The van der Waals surface area contributed by atoms with Gasteiger partial charge in [0, 0.05) is 10.7 Å². The molecule has 25 heavy (non-hydrogen) atoms. The van der Waals surface area contributed by atoms with Crippen LogP contribution in [0.15, 0.2) is 41.8 Å². The van der Waals surface area contributed by atoms with Gasteiger partial charge < -0.3 is 20.3 Å². The fourth-order valence-electron chi connectivity index (χ4n) is 3.24. The van der Waals surface area contributed by atoms with E-state index >= 15 is 0 Å². The molecule has 0 spiro atoms. The molecule has 0 bridgehead atoms. The molecule has 0 radical (unpaired) electrons. The molecule has 3 rings (SSSR count). The number of rotatable bonds is 5. The van der Waals surface area contributed by atoms with Crippen molar-refractivity contribution in [2.75, 3.05) is 31.6 Å². The van der Waals surface area contributed by atoms with Crippen molar-refractivity contribution < 1.29 is 14.4 Å². The second-order valence-corrected chi connectivity index (χ2v) is 7.58. The van der Waals surface area contributed by atoms with Crippen molar-refractivity contribution >= 4 is 34.7 Å². The molecule has 1 aromatic heterocycles. The van der Waals surface area contributed by atoms with Crippen LogP contribution in [0.5, 0.6) is 0 Å². The molecule has 1 fully saturated rings. The zero-order valence-corrected chi connectivity index (χ0v) is 15.7. The monoisotopic (exact) mass is 380 g/mol. The Morgan fingerprint density at radius 2 is 2.08 bits per heavy atom. The molecule has 2 heterocycles. The molecule has 2 amide bonds. The molecule has 3 N–H and O–H groups in total. The third kappa shape index (κ3) is 4.95. The van der Waals surface area contributed by atoms with Crippen molar-refractivity contribution in [1.82, 2.24) is 5.32 Å². The third-order valence-corrected chi connectivity index (χ3v) is 5.56. The third-order valence-electron chi connectivity index (χ3n) is 4.37. The molecule has 1 aliphatic rings. The summed E-state index contributed by atoms with van der Waals surface area (Å²) in [6, 6.07) is 11.3. The Kier molecular flexibility index (Phi) is 6.31. The lowest BCUT2D eigenvalue weighted by Crippen LogP contribution is -3.15. The van der Waals surface area contributed by atoms with E-state index in [1.54, 1.807) is 23.5 Å². The van der Waals surface area contributed by atoms with E-state index in [4.69, 9.17) is 16.3 Å². The van der Waals surface area contributed by atoms with Crippen LogP contribution in [-0.4, -0.2) is 38.4 Å². The maximum atomic E-state index is 12.4. The van der Waals surface area contributed by atoms with Crippen molar-refractivity contribution in [2.24, 2.45) is 0 Å². The molecule has 1 aliphatic heterocycles. The smallest absolute Gasteiger partial charge is 0.319 e. The van der Waals surface area contributed by atoms with E-state index in [-0.39, 0.29) is 18.1 Å². The van der Waals surface area contributed by atoms with Crippen molar-refractivity contribution in [2.45, 2.75) is 19.0 Å². The number of nitrogens with one attached hydrogen (secondary N) is 3. The first kappa shape index (κ1) is 18.2. The van der Waals surface area contributed by atoms with Crippen molar-refractivity contribution in [3.8, 4) is 0 Å². The summed E-state index contributed by atoms with van der Waals surface area (Å²) >= 11 is 7.70. The Morgan fingerprint density at radius 1 is 1.28 bits per heavy atom. The second kappa shape index (κ2) is 8.67. The lowest BCUT2D eigenvalue weighted by Gasteiger charge is -2.34. The Hall–Kier alpha value is -1.60. The summed E-state index contributed by atoms with van der Waals surface area (Å²) in [5.74, 6) is 0. The molecule has 2 atom stereocenters. The molecule has 2 aromatic rings. The van der Waals surface area contributed by atoms with Gasteiger partial charge in [-0.15, -0.1) is 11.3 Å². The van der Waals surface area contributed by atoms with Gasteiger partial charge in [0.25, 0.3) is 0 Å². The number of hydrogen-bond acceptors (Lipinski definition) is 3. The summed E-state index contributed by atoms with van der Waals surface area (Å²) in [5, 5.41) is 8.62. The van der Waals surface area contributed by atoms with Crippen LogP contribution in [-0.2, 0) is 4.74 Å². The SMILES string of the molecule is C[C@H](NC(=O)Nc1cccc(Cl)c1)[C@@H](c1cccs1)[NH+]1CCOCC1. The number of carbonyl (C=O) groups excluding carboxylic acids is 1. The minimum atomic E-state index is -0.219. The summed E-state index contributed by atoms with van der Waals surface area (Å²) in [6.07, 6.45) is 0. The first-order valence-electron chi connectivity index (χ1n) is 8.42. The number of amides is 2. The number of benzene rings is 1. The minimum absolute atomic E-state index is 0.00839. The van der Waals surface area contributed by atoms with Gasteiger partial charge in [0.1, 0.15) is 19.1 Å². The molecule has 1 aromatic carbocycles. The zero-order valence-electron chi connectivity index (χ0n) is 14.1. The normalized spacial score (nSPS) is 17.7. The van der Waals surface area contributed by atoms with Gasteiger partial charge in [-0.3, -0.25) is 0 Å². The molecule has 5 nitrogen and oxygen atoms in total. The fourth-order valence-corrected chi connectivity index (χ4v) is 4.42. The topological polar surface area (TPSA) is 54.8 Å². The van der Waals surface area contributed by atoms with Crippen LogP contribution >= 0.6 is 22.9 Å². The summed E-state index contributed by atoms with van der Waals surface area (Å²) in [4.78, 5) is 15.1. The van der Waals surface area contributed by atoms with E-state index in [0.717, 1.165) is 26.3 Å². The van der Waals surface area contributed by atoms with Crippen LogP contribution in [0.2, 0.25) is 5.02 Å². The van der Waals surface area contributed by atoms with Crippen LogP contribution in [0, 0.1) is 0 Å². The zero-order chi connectivity index (χ0) is 17.6. The van der Waals surface area contributed by atoms with E-state index in [2.05, 4.69) is 35.1 Å². The number of carbonyl (C=O) groups is 1. The average molecular weight is 381 g/mol. The lowest BCUT2D eigenvalue weighted by molar-refractivity contribution is -0.939. The maximum absolute atomic E-state index is 12.4. The highest BCUT2D eigenvalue weighted by Gasteiger charge is 2.33. The number of quaternary nitrogens is 1. The standard InChI is InChI=1S/C18H22ClN3O2S/c1-13(20-18(23)21-15-5-2-4-14(19)12-15)17(16-6-3-11-25-16)22-7-9-24-10-8-22/h2-6,11-13,17H,7-10H2,1H3,(H2,20,21,23)/p+1/t13-,17-/m0/s1. The lowest BCUT2D eigenvalue weighted by atomic mass is 10.1. The van der Waals surface area contributed by atoms with Crippen LogP contribution in [0.25, 0.3) is 0 Å². The molecule has 0 saturated carbocycles. The number of thiophene rings is 1. The number of anilines is 1. The molecular weight excluding hydrogens is 358 g/mol. The van der Waals surface area contributed by atoms with Gasteiger partial charge in [-0.2, -0.15) is 0 Å². The Balaban J connectivity index is 1.67. The predicted molar refractivity (Wildman–Crippen MR) is 102 cm³/mol. The van der Waals surface area contributed by atoms with Gasteiger partial charge in [0.2, 0.25) is 0 Å². The Morgan fingerprint density at radius 3 is 2.76 bits per heavy atom. The Labute approximate surface area is 156 Å². The number of urea groups is 1. The van der Waals surface area contributed by atoms with Crippen molar-refractivity contribution in [1.29, 1.82) is 0 Å². The van der Waals surface area contributed by atoms with Gasteiger partial charge in [-0.1, -0.05) is 23.7 Å². The van der Waals surface area contributed by atoms with Crippen LogP contribution < -0.4 is 15.5 Å². The number of morpholine rings is 1. The van der Waals surface area contributed by atoms with Crippen LogP contribution in [0.3, 0.4) is 0 Å². The van der Waals surface area contributed by atoms with Gasteiger partial charge in [-0.05, 0) is 36.6 Å². The first-order chi connectivity index (χ1) is 12.1. The molecule has 134 valence electrons. The van der Waals surface area contributed by atoms with Crippen LogP contribution in [0.1, 0.15) is 17.8 Å². The van der Waals surface area contributed by atoms with Crippen molar-refractivity contribution in [3.63, 3.8) is 0 Å². The Bertz CT molecular complexity index is 689. The van der Waals surface area contributed by atoms with Gasteiger partial charge >= 0.3 is 6.03 Å². The van der Waals surface area contributed by atoms with E-state index in [1.807, 2.05) is 12.1 Å². The summed E-state index contributed by atoms with van der Waals surface area (Å²) in [7, 11) is 0. The minimum Gasteiger partial charge on any atom is -0.370 e. The molecule has 0 aliphatic carbocycles. The highest BCUT2D eigenvalue weighted by atomic mass is 35.5. The highest BCUT2D eigenvalue weighted by Crippen LogP contribution is 2.20. The summed E-state index contributed by atoms with van der Waals surface area (Å²) in [5.41, 5.74) is 0.684. The second-order valence-electron chi connectivity index (χ2n) is 6.16. The van der Waals surface area contributed by atoms with Gasteiger partial charge in [-0.25, -0.2) is 4.79 Å². The molecular formula is C18H23ClN3O2S+. The van der Waals surface area contributed by atoms with E-state index in [1.165, 1.54) is 9.78 Å². The fraction of sp³-hybridized carbons (Fsp3) is 0.389. The molecule has 0 unspecified atom stereocenters. The quantitative estimate of drug-likeness (QED) is 0.746. The van der Waals surface area contributed by atoms with E-state index in [9.17, 15) is 4.79 Å². The van der Waals surface area contributed by atoms with E-state index < -0.39 is 0 Å². The number of halogens is 1. The molecule has 7 heteroatoms. The van der Waals surface area contributed by atoms with E-state index in [0.29, 0.717) is 10.7 Å². The van der Waals surface area contributed by atoms with Gasteiger partial charge in [0.05, 0.1) is 24.1 Å². The summed E-state index contributed by atoms with van der Waals surface area (Å²) in [6.45, 7) is 5.48. The number of hydrogen-bond donors (Lipinski definition) is 3. The average Bonchev–Trinajstić information content (AvgIpc) is 3.10. The highest BCUT2D eigenvalue weighted by molar-refractivity contribution is 7.10. The predicted octanol–water partition coefficient (Wildman–Crippen LogP) is 2.57. The number of ether oxygens (including phenoxy) is 1. The van der Waals surface area contributed by atoms with Crippen LogP contribution in [0.4, 0.5) is 10.5 Å². The summed E-state index contributed by atoms with van der Waals surface area (Å²) < 4.78 is 5.49. The maximum Gasteiger partial charge on any atom is 0.319 e.